The third kappa shape index (κ3) is 3.92. The second-order valence-corrected chi connectivity index (χ2v) is 10.2. The van der Waals surface area contributed by atoms with Gasteiger partial charge in [0.15, 0.2) is 12.2 Å². The zero-order valence-electron chi connectivity index (χ0n) is 18.8. The molecule has 32 heavy (non-hydrogen) atoms. The van der Waals surface area contributed by atoms with Gasteiger partial charge in [0.25, 0.3) is 0 Å². The molecule has 1 saturated carbocycles. The van der Waals surface area contributed by atoms with Gasteiger partial charge in [0, 0.05) is 13.1 Å². The van der Waals surface area contributed by atoms with Crippen LogP contribution in [0.15, 0.2) is 0 Å². The molecule has 6 atom stereocenters. The topological polar surface area (TPSA) is 101 Å². The third-order valence-corrected chi connectivity index (χ3v) is 7.85. The largest absolute Gasteiger partial charge is 0.459 e. The molecule has 9 nitrogen and oxygen atoms in total. The lowest BCUT2D eigenvalue weighted by Gasteiger charge is -2.38. The lowest BCUT2D eigenvalue weighted by molar-refractivity contribution is -0.176. The summed E-state index contributed by atoms with van der Waals surface area (Å²) in [6.45, 7) is 6.51. The van der Waals surface area contributed by atoms with E-state index in [-0.39, 0.29) is 6.54 Å². The molecule has 5 fully saturated rings. The molecule has 0 aromatic rings. The van der Waals surface area contributed by atoms with Crippen LogP contribution in [0.5, 0.6) is 0 Å². The van der Waals surface area contributed by atoms with E-state index < -0.39 is 59.8 Å². The number of ether oxygens (including phenoxy) is 5. The molecule has 0 N–H and O–H groups in total. The van der Waals surface area contributed by atoms with Crippen LogP contribution in [0.25, 0.3) is 0 Å². The molecule has 6 unspecified atom stereocenters. The van der Waals surface area contributed by atoms with Gasteiger partial charge in [-0.3, -0.25) is 19.3 Å². The summed E-state index contributed by atoms with van der Waals surface area (Å²) in [7, 11) is 0. The normalized spacial score (nSPS) is 37.4. The van der Waals surface area contributed by atoms with Crippen molar-refractivity contribution >= 4 is 17.9 Å². The highest BCUT2D eigenvalue weighted by Crippen LogP contribution is 2.52. The lowest BCUT2D eigenvalue weighted by atomic mass is 9.77. The number of morpholine rings is 1. The molecule has 2 bridgehead atoms. The molecule has 0 aromatic heterocycles. The van der Waals surface area contributed by atoms with Crippen molar-refractivity contribution in [3.8, 4) is 0 Å². The van der Waals surface area contributed by atoms with Gasteiger partial charge in [-0.05, 0) is 32.6 Å². The summed E-state index contributed by atoms with van der Waals surface area (Å²) in [5.74, 6) is -2.53. The summed E-state index contributed by atoms with van der Waals surface area (Å²) in [6.07, 6.45) is 2.84. The van der Waals surface area contributed by atoms with Crippen molar-refractivity contribution in [1.82, 2.24) is 4.90 Å². The van der Waals surface area contributed by atoms with E-state index in [0.717, 1.165) is 25.7 Å². The fourth-order valence-electron chi connectivity index (χ4n) is 6.08. The SMILES string of the molecule is CC(C)(OC(=O)C1C2OC3C(OC(=O)C31)C2OC(=O)CN1CCOCC1)C1CCCCC1. The summed E-state index contributed by atoms with van der Waals surface area (Å²) in [4.78, 5) is 40.4. The van der Waals surface area contributed by atoms with Gasteiger partial charge in [0.2, 0.25) is 0 Å². The quantitative estimate of drug-likeness (QED) is 0.434. The Morgan fingerprint density at radius 2 is 1.78 bits per heavy atom. The van der Waals surface area contributed by atoms with Crippen molar-refractivity contribution in [3.63, 3.8) is 0 Å². The van der Waals surface area contributed by atoms with Gasteiger partial charge >= 0.3 is 17.9 Å². The standard InChI is InChI=1S/C23H33NO8/c1-23(2,13-6-4-3-5-7-13)32-22(27)16-15-17-20(31-21(15)26)19(18(16)30-17)29-14(25)12-24-8-10-28-11-9-24/h13,15-20H,3-12H2,1-2H3. The van der Waals surface area contributed by atoms with Crippen LogP contribution < -0.4 is 0 Å². The Labute approximate surface area is 188 Å². The average Bonchev–Trinajstić information content (AvgIpc) is 3.38. The molecule has 5 rings (SSSR count). The maximum atomic E-state index is 13.3. The average molecular weight is 452 g/mol. The Hall–Kier alpha value is -1.71. The van der Waals surface area contributed by atoms with Crippen molar-refractivity contribution in [2.45, 2.75) is 76.0 Å². The van der Waals surface area contributed by atoms with E-state index in [2.05, 4.69) is 0 Å². The van der Waals surface area contributed by atoms with E-state index in [1.54, 1.807) is 0 Å². The Balaban J connectivity index is 1.26. The number of nitrogens with zero attached hydrogens (tertiary/aromatic N) is 1. The number of hydrogen-bond donors (Lipinski definition) is 0. The number of fused-ring (bicyclic) bond motifs is 1. The minimum atomic E-state index is -0.810. The third-order valence-electron chi connectivity index (χ3n) is 7.85. The van der Waals surface area contributed by atoms with Crippen LogP contribution in [0, 0.1) is 17.8 Å². The second-order valence-electron chi connectivity index (χ2n) is 10.2. The van der Waals surface area contributed by atoms with Gasteiger partial charge in [-0.2, -0.15) is 0 Å². The minimum absolute atomic E-state index is 0.130. The van der Waals surface area contributed by atoms with Gasteiger partial charge in [0.1, 0.15) is 29.6 Å². The summed E-state index contributed by atoms with van der Waals surface area (Å²) in [5, 5.41) is 0. The van der Waals surface area contributed by atoms with Crippen molar-refractivity contribution in [2.24, 2.45) is 17.8 Å². The van der Waals surface area contributed by atoms with Crippen LogP contribution in [0.4, 0.5) is 0 Å². The number of esters is 3. The first-order chi connectivity index (χ1) is 15.3. The number of rotatable bonds is 6. The molecule has 4 heterocycles. The van der Waals surface area contributed by atoms with Gasteiger partial charge in [-0.1, -0.05) is 19.3 Å². The number of carbonyl (C=O) groups is 3. The van der Waals surface area contributed by atoms with E-state index in [9.17, 15) is 14.4 Å². The van der Waals surface area contributed by atoms with Gasteiger partial charge in [-0.15, -0.1) is 0 Å². The molecular weight excluding hydrogens is 418 g/mol. The molecule has 0 spiro atoms. The second kappa shape index (κ2) is 8.57. The molecular formula is C23H33NO8. The van der Waals surface area contributed by atoms with Crippen molar-refractivity contribution in [1.29, 1.82) is 0 Å². The number of hydrogen-bond acceptors (Lipinski definition) is 9. The van der Waals surface area contributed by atoms with E-state index >= 15 is 0 Å². The van der Waals surface area contributed by atoms with Crippen LogP contribution in [0.3, 0.4) is 0 Å². The van der Waals surface area contributed by atoms with Crippen molar-refractivity contribution < 1.29 is 38.1 Å². The monoisotopic (exact) mass is 451 g/mol. The Morgan fingerprint density at radius 3 is 2.50 bits per heavy atom. The molecule has 0 radical (unpaired) electrons. The number of carbonyl (C=O) groups excluding carboxylic acids is 3. The Kier molecular flexibility index (Phi) is 5.92. The molecule has 0 aromatic carbocycles. The molecule has 4 aliphatic heterocycles. The van der Waals surface area contributed by atoms with Crippen molar-refractivity contribution in [3.05, 3.63) is 0 Å². The van der Waals surface area contributed by atoms with Crippen LogP contribution in [0.2, 0.25) is 0 Å². The fraction of sp³-hybridized carbons (Fsp3) is 0.870. The lowest BCUT2D eigenvalue weighted by Crippen LogP contribution is -2.50. The maximum Gasteiger partial charge on any atom is 0.320 e. The molecule has 9 heteroatoms. The summed E-state index contributed by atoms with van der Waals surface area (Å²) < 4.78 is 28.5. The van der Waals surface area contributed by atoms with Gasteiger partial charge in [0.05, 0.1) is 19.8 Å². The molecule has 4 saturated heterocycles. The fourth-order valence-corrected chi connectivity index (χ4v) is 6.08. The maximum absolute atomic E-state index is 13.3. The van der Waals surface area contributed by atoms with Crippen LogP contribution in [-0.4, -0.2) is 85.7 Å². The smallest absolute Gasteiger partial charge is 0.320 e. The van der Waals surface area contributed by atoms with Crippen LogP contribution >= 0.6 is 0 Å². The van der Waals surface area contributed by atoms with Gasteiger partial charge in [-0.25, -0.2) is 0 Å². The summed E-state index contributed by atoms with van der Waals surface area (Å²) >= 11 is 0. The van der Waals surface area contributed by atoms with E-state index in [1.807, 2.05) is 18.7 Å². The van der Waals surface area contributed by atoms with Crippen LogP contribution in [0.1, 0.15) is 46.0 Å². The highest BCUT2D eigenvalue weighted by Gasteiger charge is 2.72. The highest BCUT2D eigenvalue weighted by molar-refractivity contribution is 5.87. The highest BCUT2D eigenvalue weighted by atomic mass is 16.7. The summed E-state index contributed by atoms with van der Waals surface area (Å²) in [6, 6.07) is 0. The Bertz CT molecular complexity index is 757. The van der Waals surface area contributed by atoms with Gasteiger partial charge < -0.3 is 23.7 Å². The molecule has 1 aliphatic carbocycles. The first-order valence-electron chi connectivity index (χ1n) is 11.9. The van der Waals surface area contributed by atoms with E-state index in [0.29, 0.717) is 32.2 Å². The summed E-state index contributed by atoms with van der Waals surface area (Å²) in [5.41, 5.74) is -0.621. The van der Waals surface area contributed by atoms with Crippen LogP contribution in [-0.2, 0) is 38.1 Å². The first kappa shape index (κ1) is 22.1. The zero-order valence-corrected chi connectivity index (χ0v) is 18.8. The molecule has 178 valence electrons. The molecule has 5 aliphatic rings. The minimum Gasteiger partial charge on any atom is -0.459 e. The zero-order chi connectivity index (χ0) is 22.5. The molecule has 0 amide bonds. The van der Waals surface area contributed by atoms with E-state index in [1.165, 1.54) is 6.42 Å². The van der Waals surface area contributed by atoms with Crippen molar-refractivity contribution in [2.75, 3.05) is 32.8 Å². The van der Waals surface area contributed by atoms with E-state index in [4.69, 9.17) is 23.7 Å². The predicted octanol–water partition coefficient (Wildman–Crippen LogP) is 1.07. The predicted molar refractivity (Wildman–Crippen MR) is 109 cm³/mol. The Morgan fingerprint density at radius 1 is 1.06 bits per heavy atom. The first-order valence-corrected chi connectivity index (χ1v) is 11.9.